The molecule has 6 heteroatoms. The zero-order valence-electron chi connectivity index (χ0n) is 10.2. The van der Waals surface area contributed by atoms with Crippen molar-refractivity contribution >= 4 is 34.9 Å². The van der Waals surface area contributed by atoms with Gasteiger partial charge in [0.1, 0.15) is 5.60 Å². The Morgan fingerprint density at radius 1 is 1.42 bits per heavy atom. The van der Waals surface area contributed by atoms with Crippen LogP contribution in [0.3, 0.4) is 0 Å². The Kier molecular flexibility index (Phi) is 2.91. The Balaban J connectivity index is 1.84. The molecule has 100 valence electrons. The van der Waals surface area contributed by atoms with Crippen molar-refractivity contribution in [1.82, 2.24) is 4.98 Å². The van der Waals surface area contributed by atoms with Crippen LogP contribution in [-0.2, 0) is 4.79 Å². The summed E-state index contributed by atoms with van der Waals surface area (Å²) in [4.78, 5) is 15.2. The molecule has 0 bridgehead atoms. The van der Waals surface area contributed by atoms with E-state index >= 15 is 0 Å². The smallest absolute Gasteiger partial charge is 0.266 e. The summed E-state index contributed by atoms with van der Waals surface area (Å²) in [6.07, 6.45) is 2.81. The molecule has 0 aliphatic heterocycles. The standard InChI is InChI=1S/C13H14N2O3S/c16-11(13(17)5-1-2-6-13)14-8-3-4-9-10(7-8)18-12(19)15-9/h3-4,7,17H,1-2,5-6H2,(H,14,16)(H,15,19). The fraction of sp³-hybridized carbons (Fsp3) is 0.385. The summed E-state index contributed by atoms with van der Waals surface area (Å²) in [6.45, 7) is 0. The van der Waals surface area contributed by atoms with Crippen molar-refractivity contribution in [3.05, 3.63) is 23.0 Å². The predicted octanol–water partition coefficient (Wildman–Crippen LogP) is 2.73. The molecule has 1 aliphatic rings. The molecule has 1 fully saturated rings. The van der Waals surface area contributed by atoms with E-state index in [1.54, 1.807) is 18.2 Å². The third kappa shape index (κ3) is 2.29. The van der Waals surface area contributed by atoms with Crippen molar-refractivity contribution in [3.63, 3.8) is 0 Å². The van der Waals surface area contributed by atoms with Crippen molar-refractivity contribution in [2.24, 2.45) is 0 Å². The average molecular weight is 278 g/mol. The lowest BCUT2D eigenvalue weighted by atomic mass is 10.0. The molecule has 3 N–H and O–H groups in total. The van der Waals surface area contributed by atoms with Gasteiger partial charge in [-0.05, 0) is 50.0 Å². The number of oxazole rings is 1. The number of benzene rings is 1. The Hall–Kier alpha value is -1.66. The van der Waals surface area contributed by atoms with Crippen LogP contribution in [0.25, 0.3) is 11.1 Å². The van der Waals surface area contributed by atoms with E-state index in [9.17, 15) is 9.90 Å². The van der Waals surface area contributed by atoms with Crippen LogP contribution >= 0.6 is 12.2 Å². The molecule has 1 aliphatic carbocycles. The van der Waals surface area contributed by atoms with Crippen molar-refractivity contribution in [3.8, 4) is 0 Å². The van der Waals surface area contributed by atoms with Gasteiger partial charge in [-0.1, -0.05) is 0 Å². The van der Waals surface area contributed by atoms with Crippen molar-refractivity contribution < 1.29 is 14.3 Å². The summed E-state index contributed by atoms with van der Waals surface area (Å²) >= 11 is 4.90. The first-order valence-electron chi connectivity index (χ1n) is 6.24. The van der Waals surface area contributed by atoms with E-state index in [4.69, 9.17) is 16.6 Å². The number of aromatic nitrogens is 1. The van der Waals surface area contributed by atoms with Gasteiger partial charge in [0.2, 0.25) is 0 Å². The first kappa shape index (κ1) is 12.4. The molecule has 1 aromatic carbocycles. The fourth-order valence-corrected chi connectivity index (χ4v) is 2.66. The quantitative estimate of drug-likeness (QED) is 0.738. The molecule has 1 amide bonds. The lowest BCUT2D eigenvalue weighted by Gasteiger charge is -2.20. The highest BCUT2D eigenvalue weighted by atomic mass is 32.1. The topological polar surface area (TPSA) is 78.3 Å². The second kappa shape index (κ2) is 4.47. The molecule has 1 saturated carbocycles. The van der Waals surface area contributed by atoms with Crippen LogP contribution in [0, 0.1) is 4.84 Å². The molecule has 0 unspecified atom stereocenters. The molecule has 0 saturated heterocycles. The van der Waals surface area contributed by atoms with E-state index in [2.05, 4.69) is 10.3 Å². The van der Waals surface area contributed by atoms with Crippen LogP contribution in [0.2, 0.25) is 0 Å². The monoisotopic (exact) mass is 278 g/mol. The number of amides is 1. The van der Waals surface area contributed by atoms with E-state index < -0.39 is 5.60 Å². The highest BCUT2D eigenvalue weighted by molar-refractivity contribution is 7.71. The Morgan fingerprint density at radius 2 is 2.16 bits per heavy atom. The van der Waals surface area contributed by atoms with Gasteiger partial charge in [0, 0.05) is 11.8 Å². The number of carbonyl (C=O) groups excluding carboxylic acids is 1. The minimum Gasteiger partial charge on any atom is -0.429 e. The zero-order chi connectivity index (χ0) is 13.5. The maximum Gasteiger partial charge on any atom is 0.266 e. The Labute approximate surface area is 114 Å². The maximum absolute atomic E-state index is 12.1. The van der Waals surface area contributed by atoms with Crippen molar-refractivity contribution in [1.29, 1.82) is 0 Å². The number of carbonyl (C=O) groups is 1. The molecule has 19 heavy (non-hydrogen) atoms. The summed E-state index contributed by atoms with van der Waals surface area (Å²) in [5.74, 6) is -0.349. The number of nitrogens with one attached hydrogen (secondary N) is 2. The van der Waals surface area contributed by atoms with Gasteiger partial charge >= 0.3 is 0 Å². The van der Waals surface area contributed by atoms with Gasteiger partial charge in [-0.2, -0.15) is 0 Å². The van der Waals surface area contributed by atoms with Crippen LogP contribution in [0.5, 0.6) is 0 Å². The highest BCUT2D eigenvalue weighted by Gasteiger charge is 2.38. The molecule has 2 aromatic rings. The van der Waals surface area contributed by atoms with Crippen LogP contribution < -0.4 is 5.32 Å². The Bertz CT molecular complexity index is 682. The second-order valence-electron chi connectivity index (χ2n) is 4.92. The van der Waals surface area contributed by atoms with E-state index in [0.717, 1.165) is 18.4 Å². The first-order valence-corrected chi connectivity index (χ1v) is 6.64. The van der Waals surface area contributed by atoms with E-state index in [1.807, 2.05) is 0 Å². The molecule has 0 spiro atoms. The van der Waals surface area contributed by atoms with E-state index in [-0.39, 0.29) is 5.91 Å². The molecule has 3 rings (SSSR count). The predicted molar refractivity (Wildman–Crippen MR) is 73.4 cm³/mol. The van der Waals surface area contributed by atoms with Gasteiger partial charge in [0.15, 0.2) is 5.58 Å². The van der Waals surface area contributed by atoms with Crippen LogP contribution in [-0.4, -0.2) is 21.6 Å². The van der Waals surface area contributed by atoms with Crippen molar-refractivity contribution in [2.45, 2.75) is 31.3 Å². The van der Waals surface area contributed by atoms with Crippen molar-refractivity contribution in [2.75, 3.05) is 5.32 Å². The van der Waals surface area contributed by atoms with Crippen LogP contribution in [0.15, 0.2) is 22.6 Å². The van der Waals surface area contributed by atoms with Gasteiger partial charge in [0.05, 0.1) is 5.52 Å². The largest absolute Gasteiger partial charge is 0.429 e. The number of aromatic amines is 1. The summed E-state index contributed by atoms with van der Waals surface area (Å²) in [6, 6.07) is 5.22. The highest BCUT2D eigenvalue weighted by Crippen LogP contribution is 2.31. The SMILES string of the molecule is O=C(Nc1ccc2[nH]c(=S)oc2c1)C1(O)CCCC1. The molecule has 1 aromatic heterocycles. The average Bonchev–Trinajstić information content (AvgIpc) is 2.95. The summed E-state index contributed by atoms with van der Waals surface area (Å²) in [7, 11) is 0. The van der Waals surface area contributed by atoms with Gasteiger partial charge in [-0.15, -0.1) is 0 Å². The molecule has 0 radical (unpaired) electrons. The van der Waals surface area contributed by atoms with Gasteiger partial charge < -0.3 is 19.8 Å². The molecular formula is C13H14N2O3S. The van der Waals surface area contributed by atoms with Crippen LogP contribution in [0.4, 0.5) is 5.69 Å². The van der Waals surface area contributed by atoms with E-state index in [0.29, 0.717) is 28.9 Å². The molecule has 1 heterocycles. The second-order valence-corrected chi connectivity index (χ2v) is 5.29. The van der Waals surface area contributed by atoms with Gasteiger partial charge in [-0.3, -0.25) is 4.79 Å². The molecule has 5 nitrogen and oxygen atoms in total. The molecule has 0 atom stereocenters. The maximum atomic E-state index is 12.1. The van der Waals surface area contributed by atoms with Gasteiger partial charge in [0.25, 0.3) is 10.7 Å². The minimum absolute atomic E-state index is 0.299. The summed E-state index contributed by atoms with van der Waals surface area (Å²) in [5, 5.41) is 12.9. The van der Waals surface area contributed by atoms with E-state index in [1.165, 1.54) is 0 Å². The summed E-state index contributed by atoms with van der Waals surface area (Å²) in [5.41, 5.74) is 0.729. The third-order valence-corrected chi connectivity index (χ3v) is 3.72. The number of fused-ring (bicyclic) bond motifs is 1. The number of H-pyrrole nitrogens is 1. The molecular weight excluding hydrogens is 264 g/mol. The van der Waals surface area contributed by atoms with Gasteiger partial charge in [-0.25, -0.2) is 0 Å². The number of hydrogen-bond donors (Lipinski definition) is 3. The number of rotatable bonds is 2. The van der Waals surface area contributed by atoms with Crippen LogP contribution in [0.1, 0.15) is 25.7 Å². The lowest BCUT2D eigenvalue weighted by Crippen LogP contribution is -2.40. The number of anilines is 1. The minimum atomic E-state index is -1.23. The lowest BCUT2D eigenvalue weighted by molar-refractivity contribution is -0.133. The summed E-state index contributed by atoms with van der Waals surface area (Å²) < 4.78 is 5.29. The fourth-order valence-electron chi connectivity index (χ4n) is 2.46. The normalized spacial score (nSPS) is 17.7. The Morgan fingerprint density at radius 3 is 2.89 bits per heavy atom. The third-order valence-electron chi connectivity index (χ3n) is 3.53. The number of aliphatic hydroxyl groups is 1. The first-order chi connectivity index (χ1) is 9.07. The zero-order valence-corrected chi connectivity index (χ0v) is 11.0. The number of hydrogen-bond acceptors (Lipinski definition) is 4.